The molecule has 33 heavy (non-hydrogen) atoms. The Kier molecular flexibility index (Phi) is 5.90. The van der Waals surface area contributed by atoms with E-state index in [1.54, 1.807) is 0 Å². The molecule has 3 atom stereocenters. The van der Waals surface area contributed by atoms with E-state index in [0.29, 0.717) is 17.2 Å². The standard InChI is InChI=1S/C25H35BN2O5/c1-13-8-9-18-24(4,5)10-7-11-25(18,6)19-16-12-17(27-14(2)29)21(28-15(3)30)20(26(31)32)23(16)33-22(13)19/h12-13,18,31-32H,7-11H2,1-6H3,(H,27,29)(H,28,30)/t13?,18-,25-/m1/s1. The Morgan fingerprint density at radius 2 is 1.76 bits per heavy atom. The molecule has 0 saturated heterocycles. The van der Waals surface area contributed by atoms with E-state index < -0.39 is 7.12 Å². The first-order valence-corrected chi connectivity index (χ1v) is 11.9. The van der Waals surface area contributed by atoms with Gasteiger partial charge < -0.3 is 25.1 Å². The second-order valence-corrected chi connectivity index (χ2v) is 11.0. The molecule has 0 bridgehead atoms. The van der Waals surface area contributed by atoms with E-state index in [9.17, 15) is 19.6 Å². The Morgan fingerprint density at radius 1 is 1.09 bits per heavy atom. The Morgan fingerprint density at radius 3 is 2.36 bits per heavy atom. The van der Waals surface area contributed by atoms with Gasteiger partial charge in [-0.3, -0.25) is 9.59 Å². The lowest BCUT2D eigenvalue weighted by Gasteiger charge is -2.50. The van der Waals surface area contributed by atoms with Crippen LogP contribution in [-0.4, -0.2) is 29.0 Å². The molecule has 1 aromatic carbocycles. The maximum Gasteiger partial charge on any atom is 0.494 e. The number of rotatable bonds is 3. The molecule has 178 valence electrons. The van der Waals surface area contributed by atoms with Gasteiger partial charge in [-0.1, -0.05) is 34.1 Å². The van der Waals surface area contributed by atoms with Crippen LogP contribution in [0, 0.1) is 11.3 Å². The van der Waals surface area contributed by atoms with Crippen LogP contribution in [0.25, 0.3) is 11.0 Å². The zero-order valence-corrected chi connectivity index (χ0v) is 20.5. The third kappa shape index (κ3) is 3.87. The van der Waals surface area contributed by atoms with E-state index in [4.69, 9.17) is 4.42 Å². The number of hydrogen-bond acceptors (Lipinski definition) is 5. The van der Waals surface area contributed by atoms with Gasteiger partial charge >= 0.3 is 7.12 Å². The van der Waals surface area contributed by atoms with Crippen LogP contribution < -0.4 is 16.1 Å². The van der Waals surface area contributed by atoms with E-state index >= 15 is 0 Å². The molecule has 1 unspecified atom stereocenters. The fraction of sp³-hybridized carbons (Fsp3) is 0.600. The molecule has 0 spiro atoms. The van der Waals surface area contributed by atoms with E-state index in [1.807, 2.05) is 6.07 Å². The summed E-state index contributed by atoms with van der Waals surface area (Å²) in [5.41, 5.74) is 2.07. The minimum absolute atomic E-state index is 0.0712. The molecular weight excluding hydrogens is 419 g/mol. The summed E-state index contributed by atoms with van der Waals surface area (Å²) in [5.74, 6) is 0.798. The van der Waals surface area contributed by atoms with Crippen LogP contribution in [0.2, 0.25) is 0 Å². The summed E-state index contributed by atoms with van der Waals surface area (Å²) in [7, 11) is -1.89. The predicted molar refractivity (Wildman–Crippen MR) is 131 cm³/mol. The van der Waals surface area contributed by atoms with Crippen molar-refractivity contribution in [3.8, 4) is 0 Å². The highest BCUT2D eigenvalue weighted by molar-refractivity contribution is 6.64. The average Bonchev–Trinajstić information content (AvgIpc) is 3.00. The zero-order chi connectivity index (χ0) is 24.3. The van der Waals surface area contributed by atoms with Crippen LogP contribution in [0.1, 0.15) is 90.9 Å². The van der Waals surface area contributed by atoms with Gasteiger partial charge in [0.25, 0.3) is 0 Å². The monoisotopic (exact) mass is 454 g/mol. The van der Waals surface area contributed by atoms with Gasteiger partial charge in [0.2, 0.25) is 11.8 Å². The molecule has 8 heteroatoms. The SMILES string of the molecule is CC(=O)Nc1cc2c3c(oc2c(B(O)O)c1NC(C)=O)C(C)CC[C@@H]1C(C)(C)CCC[C@@]31C. The molecule has 1 saturated carbocycles. The number of furan rings is 1. The summed E-state index contributed by atoms with van der Waals surface area (Å²) in [6.07, 6.45) is 5.41. The van der Waals surface area contributed by atoms with Crippen LogP contribution in [0.15, 0.2) is 10.5 Å². The van der Waals surface area contributed by atoms with Crippen molar-refractivity contribution >= 4 is 46.7 Å². The Hall–Kier alpha value is -2.32. The first-order chi connectivity index (χ1) is 15.4. The van der Waals surface area contributed by atoms with Gasteiger partial charge in [0.1, 0.15) is 11.3 Å². The third-order valence-corrected chi connectivity index (χ3v) is 8.05. The van der Waals surface area contributed by atoms with Gasteiger partial charge in [-0.05, 0) is 48.5 Å². The van der Waals surface area contributed by atoms with E-state index in [1.165, 1.54) is 20.3 Å². The van der Waals surface area contributed by atoms with E-state index in [-0.39, 0.29) is 39.7 Å². The highest BCUT2D eigenvalue weighted by Crippen LogP contribution is 2.59. The Balaban J connectivity index is 2.10. The van der Waals surface area contributed by atoms with Crippen LogP contribution in [-0.2, 0) is 15.0 Å². The lowest BCUT2D eigenvalue weighted by molar-refractivity contribution is -0.115. The van der Waals surface area contributed by atoms with Crippen molar-refractivity contribution < 1.29 is 24.1 Å². The highest BCUT2D eigenvalue weighted by Gasteiger charge is 2.51. The average molecular weight is 454 g/mol. The maximum atomic E-state index is 12.0. The largest absolute Gasteiger partial charge is 0.494 e. The van der Waals surface area contributed by atoms with Crippen molar-refractivity contribution in [2.45, 2.75) is 85.0 Å². The van der Waals surface area contributed by atoms with Crippen LogP contribution in [0.3, 0.4) is 0 Å². The first-order valence-electron chi connectivity index (χ1n) is 11.9. The van der Waals surface area contributed by atoms with Crippen LogP contribution in [0.4, 0.5) is 11.4 Å². The maximum absolute atomic E-state index is 12.0. The van der Waals surface area contributed by atoms with Crippen molar-refractivity contribution in [3.63, 3.8) is 0 Å². The minimum atomic E-state index is -1.89. The molecule has 1 fully saturated rings. The molecule has 7 nitrogen and oxygen atoms in total. The molecule has 2 amide bonds. The smallest absolute Gasteiger partial charge is 0.461 e. The number of fused-ring (bicyclic) bond motifs is 5. The number of anilines is 2. The molecule has 0 aliphatic heterocycles. The molecule has 4 N–H and O–H groups in total. The molecule has 2 aliphatic carbocycles. The number of benzene rings is 1. The normalized spacial score (nSPS) is 26.2. The summed E-state index contributed by atoms with van der Waals surface area (Å²) in [6.45, 7) is 11.9. The van der Waals surface area contributed by atoms with Gasteiger partial charge in [0.05, 0.1) is 16.8 Å². The summed E-state index contributed by atoms with van der Waals surface area (Å²) in [5, 5.41) is 27.0. The summed E-state index contributed by atoms with van der Waals surface area (Å²) in [4.78, 5) is 24.0. The molecule has 2 aromatic rings. The Labute approximate surface area is 195 Å². The number of nitrogens with one attached hydrogen (secondary N) is 2. The second-order valence-electron chi connectivity index (χ2n) is 11.0. The zero-order valence-electron chi connectivity index (χ0n) is 20.5. The predicted octanol–water partition coefficient (Wildman–Crippen LogP) is 4.01. The number of hydrogen-bond donors (Lipinski definition) is 4. The quantitative estimate of drug-likeness (QED) is 0.524. The number of amides is 2. The highest BCUT2D eigenvalue weighted by atomic mass is 16.4. The topological polar surface area (TPSA) is 112 Å². The third-order valence-electron chi connectivity index (χ3n) is 8.05. The Bertz CT molecular complexity index is 1120. The van der Waals surface area contributed by atoms with E-state index in [2.05, 4.69) is 38.3 Å². The van der Waals surface area contributed by atoms with Gasteiger partial charge in [0.15, 0.2) is 0 Å². The summed E-state index contributed by atoms with van der Waals surface area (Å²) >= 11 is 0. The van der Waals surface area contributed by atoms with Gasteiger partial charge in [-0.25, -0.2) is 0 Å². The van der Waals surface area contributed by atoms with Crippen molar-refractivity contribution in [1.29, 1.82) is 0 Å². The summed E-state index contributed by atoms with van der Waals surface area (Å²) in [6, 6.07) is 1.83. The minimum Gasteiger partial charge on any atom is -0.461 e. The molecule has 1 heterocycles. The van der Waals surface area contributed by atoms with Gasteiger partial charge in [-0.15, -0.1) is 0 Å². The van der Waals surface area contributed by atoms with Crippen molar-refractivity contribution in [3.05, 3.63) is 17.4 Å². The van der Waals surface area contributed by atoms with Crippen LogP contribution >= 0.6 is 0 Å². The fourth-order valence-corrected chi connectivity index (χ4v) is 6.73. The van der Waals surface area contributed by atoms with Gasteiger partial charge in [0, 0.05) is 30.7 Å². The van der Waals surface area contributed by atoms with Crippen molar-refractivity contribution in [1.82, 2.24) is 0 Å². The molecule has 2 aliphatic rings. The lowest BCUT2D eigenvalue weighted by atomic mass is 9.53. The fourth-order valence-electron chi connectivity index (χ4n) is 6.73. The summed E-state index contributed by atoms with van der Waals surface area (Å²) < 4.78 is 6.46. The number of carbonyl (C=O) groups excluding carboxylic acids is 2. The van der Waals surface area contributed by atoms with E-state index in [0.717, 1.165) is 42.4 Å². The molecule has 0 radical (unpaired) electrons. The van der Waals surface area contributed by atoms with Crippen molar-refractivity contribution in [2.24, 2.45) is 11.3 Å². The molecular formula is C25H35BN2O5. The first kappa shape index (κ1) is 23.8. The van der Waals surface area contributed by atoms with Crippen LogP contribution in [0.5, 0.6) is 0 Å². The van der Waals surface area contributed by atoms with Gasteiger partial charge in [-0.2, -0.15) is 0 Å². The molecule has 4 rings (SSSR count). The number of carbonyl (C=O) groups is 2. The lowest BCUT2D eigenvalue weighted by Crippen LogP contribution is -2.44. The van der Waals surface area contributed by atoms with Crippen molar-refractivity contribution in [2.75, 3.05) is 10.6 Å². The second kappa shape index (κ2) is 8.17. The molecule has 1 aromatic heterocycles.